The van der Waals surface area contributed by atoms with Crippen LogP contribution in [0.1, 0.15) is 25.5 Å². The van der Waals surface area contributed by atoms with Gasteiger partial charge in [0.25, 0.3) is 0 Å². The van der Waals surface area contributed by atoms with Gasteiger partial charge in [-0.3, -0.25) is 0 Å². The van der Waals surface area contributed by atoms with Crippen LogP contribution in [-0.4, -0.2) is 15.0 Å². The summed E-state index contributed by atoms with van der Waals surface area (Å²) in [5.74, 6) is 0.452. The summed E-state index contributed by atoms with van der Waals surface area (Å²) in [6.07, 6.45) is 3.41. The van der Waals surface area contributed by atoms with Crippen molar-refractivity contribution in [2.45, 2.75) is 19.8 Å². The third-order valence-corrected chi connectivity index (χ3v) is 1.37. The Morgan fingerprint density at radius 2 is 2.40 bits per heavy atom. The summed E-state index contributed by atoms with van der Waals surface area (Å²) in [7, 11) is 0. The van der Waals surface area contributed by atoms with Crippen molar-refractivity contribution < 1.29 is 0 Å². The molecule has 1 aromatic heterocycles. The van der Waals surface area contributed by atoms with E-state index < -0.39 is 0 Å². The van der Waals surface area contributed by atoms with E-state index in [-0.39, 0.29) is 0 Å². The molecule has 3 heteroatoms. The second-order valence-electron chi connectivity index (χ2n) is 2.44. The Balaban J connectivity index is 3.01. The maximum Gasteiger partial charge on any atom is 0.0732 e. The summed E-state index contributed by atoms with van der Waals surface area (Å²) >= 11 is 0. The van der Waals surface area contributed by atoms with Crippen molar-refractivity contribution in [1.29, 1.82) is 0 Å². The molecule has 0 N–H and O–H groups in total. The van der Waals surface area contributed by atoms with E-state index in [4.69, 9.17) is 0 Å². The maximum atomic E-state index is 3.80. The molecule has 54 valence electrons. The van der Waals surface area contributed by atoms with Crippen LogP contribution in [0.15, 0.2) is 12.8 Å². The SMILES string of the molecule is C=Cn1nncc1C(C)C. The van der Waals surface area contributed by atoms with E-state index in [1.54, 1.807) is 17.1 Å². The van der Waals surface area contributed by atoms with Crippen molar-refractivity contribution in [2.75, 3.05) is 0 Å². The topological polar surface area (TPSA) is 30.7 Å². The molecule has 1 aromatic rings. The lowest BCUT2D eigenvalue weighted by molar-refractivity contribution is 0.742. The summed E-state index contributed by atoms with van der Waals surface area (Å²) in [5, 5.41) is 7.56. The zero-order chi connectivity index (χ0) is 7.56. The summed E-state index contributed by atoms with van der Waals surface area (Å²) in [5.41, 5.74) is 1.09. The average molecular weight is 137 g/mol. The Morgan fingerprint density at radius 1 is 1.70 bits per heavy atom. The lowest BCUT2D eigenvalue weighted by Crippen LogP contribution is -1.97. The molecule has 0 radical (unpaired) electrons. The van der Waals surface area contributed by atoms with Crippen LogP contribution in [0.25, 0.3) is 6.20 Å². The summed E-state index contributed by atoms with van der Waals surface area (Å²) < 4.78 is 1.69. The highest BCUT2D eigenvalue weighted by Crippen LogP contribution is 2.10. The fourth-order valence-corrected chi connectivity index (χ4v) is 0.807. The molecule has 0 fully saturated rings. The molecule has 3 nitrogen and oxygen atoms in total. The van der Waals surface area contributed by atoms with Crippen LogP contribution in [0, 0.1) is 0 Å². The van der Waals surface area contributed by atoms with Crippen LogP contribution in [0.2, 0.25) is 0 Å². The molecule has 0 spiro atoms. The first kappa shape index (κ1) is 6.99. The zero-order valence-corrected chi connectivity index (χ0v) is 6.28. The van der Waals surface area contributed by atoms with Crippen molar-refractivity contribution >= 4 is 6.20 Å². The molecular formula is C7H11N3. The van der Waals surface area contributed by atoms with Crippen molar-refractivity contribution in [3.8, 4) is 0 Å². The highest BCUT2D eigenvalue weighted by Gasteiger charge is 2.03. The Labute approximate surface area is 60.4 Å². The van der Waals surface area contributed by atoms with Gasteiger partial charge in [-0.05, 0) is 5.92 Å². The van der Waals surface area contributed by atoms with Gasteiger partial charge < -0.3 is 0 Å². The van der Waals surface area contributed by atoms with Crippen LogP contribution >= 0.6 is 0 Å². The molecule has 10 heavy (non-hydrogen) atoms. The Hall–Kier alpha value is -1.12. The van der Waals surface area contributed by atoms with Crippen LogP contribution in [0.5, 0.6) is 0 Å². The van der Waals surface area contributed by atoms with Gasteiger partial charge in [-0.2, -0.15) is 0 Å². The first-order valence-corrected chi connectivity index (χ1v) is 3.28. The normalized spacial score (nSPS) is 10.3. The number of aromatic nitrogens is 3. The highest BCUT2D eigenvalue weighted by molar-refractivity contribution is 5.19. The van der Waals surface area contributed by atoms with Crippen molar-refractivity contribution in [2.24, 2.45) is 0 Å². The largest absolute Gasteiger partial charge is 0.225 e. The van der Waals surface area contributed by atoms with E-state index in [2.05, 4.69) is 30.7 Å². The van der Waals surface area contributed by atoms with Crippen molar-refractivity contribution in [3.05, 3.63) is 18.5 Å². The van der Waals surface area contributed by atoms with E-state index in [9.17, 15) is 0 Å². The molecule has 1 heterocycles. The van der Waals surface area contributed by atoms with Crippen molar-refractivity contribution in [1.82, 2.24) is 15.0 Å². The molecule has 0 aliphatic heterocycles. The van der Waals surface area contributed by atoms with Gasteiger partial charge in [0.1, 0.15) is 0 Å². The highest BCUT2D eigenvalue weighted by atomic mass is 15.4. The van der Waals surface area contributed by atoms with E-state index in [0.717, 1.165) is 5.69 Å². The maximum absolute atomic E-state index is 3.80. The second kappa shape index (κ2) is 2.64. The lowest BCUT2D eigenvalue weighted by atomic mass is 10.1. The molecule has 0 amide bonds. The molecule has 0 bridgehead atoms. The molecular weight excluding hydrogens is 126 g/mol. The Kier molecular flexibility index (Phi) is 1.85. The Morgan fingerprint density at radius 3 is 2.80 bits per heavy atom. The smallest absolute Gasteiger partial charge is 0.0732 e. The summed E-state index contributed by atoms with van der Waals surface area (Å²) in [4.78, 5) is 0. The average Bonchev–Trinajstić information content (AvgIpc) is 2.33. The predicted molar refractivity (Wildman–Crippen MR) is 40.5 cm³/mol. The minimum atomic E-state index is 0.452. The van der Waals surface area contributed by atoms with E-state index >= 15 is 0 Å². The van der Waals surface area contributed by atoms with Gasteiger partial charge in [-0.15, -0.1) is 5.10 Å². The molecule has 1 rings (SSSR count). The predicted octanol–water partition coefficient (Wildman–Crippen LogP) is 1.50. The summed E-state index contributed by atoms with van der Waals surface area (Å²) in [6, 6.07) is 0. The van der Waals surface area contributed by atoms with E-state index in [0.29, 0.717) is 5.92 Å². The fourth-order valence-electron chi connectivity index (χ4n) is 0.807. The minimum Gasteiger partial charge on any atom is -0.225 e. The third kappa shape index (κ3) is 1.07. The van der Waals surface area contributed by atoms with Gasteiger partial charge in [-0.25, -0.2) is 4.68 Å². The molecule has 0 aliphatic rings. The monoisotopic (exact) mass is 137 g/mol. The lowest BCUT2D eigenvalue weighted by Gasteiger charge is -2.01. The first-order valence-electron chi connectivity index (χ1n) is 3.28. The standard InChI is InChI=1S/C7H11N3/c1-4-10-7(6(2)3)5-8-9-10/h4-6H,1H2,2-3H3. The van der Waals surface area contributed by atoms with Gasteiger partial charge >= 0.3 is 0 Å². The number of rotatable bonds is 2. The Bertz CT molecular complexity index is 225. The minimum absolute atomic E-state index is 0.452. The van der Waals surface area contributed by atoms with Gasteiger partial charge in [0.05, 0.1) is 11.9 Å². The van der Waals surface area contributed by atoms with Crippen LogP contribution < -0.4 is 0 Å². The molecule has 0 saturated heterocycles. The third-order valence-electron chi connectivity index (χ3n) is 1.37. The summed E-state index contributed by atoms with van der Waals surface area (Å²) in [6.45, 7) is 7.80. The van der Waals surface area contributed by atoms with Crippen LogP contribution in [0.3, 0.4) is 0 Å². The number of nitrogens with zero attached hydrogens (tertiary/aromatic N) is 3. The van der Waals surface area contributed by atoms with Gasteiger partial charge in [0.2, 0.25) is 0 Å². The second-order valence-corrected chi connectivity index (χ2v) is 2.44. The first-order chi connectivity index (χ1) is 4.75. The van der Waals surface area contributed by atoms with Gasteiger partial charge in [0.15, 0.2) is 0 Å². The van der Waals surface area contributed by atoms with Gasteiger partial charge in [0, 0.05) is 6.20 Å². The van der Waals surface area contributed by atoms with E-state index in [1.165, 1.54) is 0 Å². The fraction of sp³-hybridized carbons (Fsp3) is 0.429. The zero-order valence-electron chi connectivity index (χ0n) is 6.28. The molecule has 0 atom stereocenters. The molecule has 0 aromatic carbocycles. The van der Waals surface area contributed by atoms with Crippen molar-refractivity contribution in [3.63, 3.8) is 0 Å². The van der Waals surface area contributed by atoms with Gasteiger partial charge in [-0.1, -0.05) is 25.6 Å². The number of hydrogen-bond donors (Lipinski definition) is 0. The quantitative estimate of drug-likeness (QED) is 0.618. The number of hydrogen-bond acceptors (Lipinski definition) is 2. The van der Waals surface area contributed by atoms with E-state index in [1.807, 2.05) is 0 Å². The molecule has 0 saturated carbocycles. The molecule has 0 aliphatic carbocycles. The van der Waals surface area contributed by atoms with Crippen LogP contribution in [-0.2, 0) is 0 Å². The van der Waals surface area contributed by atoms with Crippen LogP contribution in [0.4, 0.5) is 0 Å². The molecule has 0 unspecified atom stereocenters.